The van der Waals surface area contributed by atoms with Gasteiger partial charge >= 0.3 is 0 Å². The molecule has 2 bridgehead atoms. The summed E-state index contributed by atoms with van der Waals surface area (Å²) in [7, 11) is 6.48. The molecule has 2 fully saturated rings. The van der Waals surface area contributed by atoms with Gasteiger partial charge in [-0.05, 0) is 88.6 Å². The number of fused-ring (bicyclic) bond motifs is 4. The first-order valence-corrected chi connectivity index (χ1v) is 10.3. The molecule has 2 heterocycles. The normalized spacial score (nSPS) is 32.5. The van der Waals surface area contributed by atoms with Crippen LogP contribution in [0.2, 0.25) is 0 Å². The summed E-state index contributed by atoms with van der Waals surface area (Å²) in [5.74, 6) is 1.84. The highest BCUT2D eigenvalue weighted by Crippen LogP contribution is 2.47. The van der Waals surface area contributed by atoms with E-state index >= 15 is 0 Å². The number of hydrogen-bond acceptors (Lipinski definition) is 4. The molecule has 0 aromatic heterocycles. The monoisotopic (exact) mass is 357 g/mol. The van der Waals surface area contributed by atoms with Crippen molar-refractivity contribution in [2.24, 2.45) is 5.92 Å². The van der Waals surface area contributed by atoms with Gasteiger partial charge in [0.1, 0.15) is 5.75 Å². The Morgan fingerprint density at radius 3 is 2.81 bits per heavy atom. The number of hydrogen-bond donors (Lipinski definition) is 1. The van der Waals surface area contributed by atoms with Crippen molar-refractivity contribution in [1.82, 2.24) is 15.1 Å². The fraction of sp³-hybridized carbons (Fsp3) is 0.727. The van der Waals surface area contributed by atoms with Crippen LogP contribution in [0.1, 0.15) is 37.3 Å². The number of likely N-dealkylation sites (N-methyl/N-ethyl adjacent to an activating group) is 2. The van der Waals surface area contributed by atoms with Crippen molar-refractivity contribution >= 4 is 0 Å². The number of likely N-dealkylation sites (tertiary alicyclic amines) is 1. The summed E-state index contributed by atoms with van der Waals surface area (Å²) in [6.07, 6.45) is 5.02. The molecule has 3 aliphatic rings. The molecule has 3 atom stereocenters. The molecule has 1 aromatic rings. The average Bonchev–Trinajstić information content (AvgIpc) is 2.65. The zero-order valence-corrected chi connectivity index (χ0v) is 16.9. The van der Waals surface area contributed by atoms with Gasteiger partial charge in [-0.3, -0.25) is 0 Å². The van der Waals surface area contributed by atoms with E-state index in [1.54, 1.807) is 7.11 Å². The predicted molar refractivity (Wildman–Crippen MR) is 107 cm³/mol. The van der Waals surface area contributed by atoms with E-state index in [1.165, 1.54) is 56.6 Å². The Labute approximate surface area is 158 Å². The van der Waals surface area contributed by atoms with Crippen molar-refractivity contribution in [2.45, 2.75) is 50.1 Å². The Balaban J connectivity index is 1.66. The number of nitrogens with one attached hydrogen (secondary N) is 1. The van der Waals surface area contributed by atoms with Crippen LogP contribution in [0.15, 0.2) is 18.2 Å². The van der Waals surface area contributed by atoms with Crippen LogP contribution in [0.4, 0.5) is 0 Å². The van der Waals surface area contributed by atoms with Crippen molar-refractivity contribution in [2.75, 3.05) is 47.4 Å². The lowest BCUT2D eigenvalue weighted by atomic mass is 9.61. The van der Waals surface area contributed by atoms with Gasteiger partial charge in [-0.25, -0.2) is 0 Å². The molecule has 4 rings (SSSR count). The van der Waals surface area contributed by atoms with Gasteiger partial charge in [-0.1, -0.05) is 13.0 Å². The quantitative estimate of drug-likeness (QED) is 0.896. The number of rotatable bonds is 4. The lowest BCUT2D eigenvalue weighted by Gasteiger charge is -2.58. The summed E-state index contributed by atoms with van der Waals surface area (Å²) >= 11 is 0. The van der Waals surface area contributed by atoms with E-state index in [9.17, 15) is 0 Å². The summed E-state index contributed by atoms with van der Waals surface area (Å²) < 4.78 is 5.57. The fourth-order valence-electron chi connectivity index (χ4n) is 5.93. The van der Waals surface area contributed by atoms with Crippen molar-refractivity contribution in [3.8, 4) is 5.75 Å². The van der Waals surface area contributed by atoms with E-state index in [0.717, 1.165) is 18.1 Å². The van der Waals surface area contributed by atoms with E-state index < -0.39 is 0 Å². The predicted octanol–water partition coefficient (Wildman–Crippen LogP) is 2.51. The van der Waals surface area contributed by atoms with Gasteiger partial charge in [-0.2, -0.15) is 0 Å². The molecule has 2 saturated heterocycles. The summed E-state index contributed by atoms with van der Waals surface area (Å²) in [6.45, 7) is 7.29. The van der Waals surface area contributed by atoms with Crippen LogP contribution in [-0.2, 0) is 11.8 Å². The number of piperidine rings is 2. The summed E-state index contributed by atoms with van der Waals surface area (Å²) in [5, 5.41) is 3.51. The van der Waals surface area contributed by atoms with Gasteiger partial charge in [0.05, 0.1) is 7.11 Å². The Hall–Kier alpha value is -1.10. The van der Waals surface area contributed by atoms with Crippen molar-refractivity contribution in [1.29, 1.82) is 0 Å². The molecular weight excluding hydrogens is 322 g/mol. The molecule has 0 amide bonds. The summed E-state index contributed by atoms with van der Waals surface area (Å²) in [6, 6.07) is 7.96. The number of nitrogens with zero attached hydrogens (tertiary/aromatic N) is 2. The maximum Gasteiger partial charge on any atom is 0.119 e. The van der Waals surface area contributed by atoms with Crippen LogP contribution >= 0.6 is 0 Å². The Morgan fingerprint density at radius 1 is 1.31 bits per heavy atom. The first-order chi connectivity index (χ1) is 12.5. The van der Waals surface area contributed by atoms with Crippen molar-refractivity contribution < 1.29 is 4.74 Å². The van der Waals surface area contributed by atoms with Crippen LogP contribution in [0.5, 0.6) is 5.75 Å². The second-order valence-corrected chi connectivity index (χ2v) is 9.02. The van der Waals surface area contributed by atoms with E-state index in [4.69, 9.17) is 4.74 Å². The average molecular weight is 358 g/mol. The minimum atomic E-state index is 0.209. The Kier molecular flexibility index (Phi) is 5.02. The van der Waals surface area contributed by atoms with Gasteiger partial charge in [0, 0.05) is 24.0 Å². The van der Waals surface area contributed by atoms with Crippen LogP contribution < -0.4 is 10.1 Å². The molecule has 0 spiro atoms. The lowest BCUT2D eigenvalue weighted by molar-refractivity contribution is -0.00510. The first-order valence-electron chi connectivity index (χ1n) is 10.3. The molecule has 4 heteroatoms. The zero-order valence-electron chi connectivity index (χ0n) is 16.9. The van der Waals surface area contributed by atoms with Crippen LogP contribution in [-0.4, -0.2) is 69.3 Å². The number of methoxy groups -OCH3 is 1. The maximum absolute atomic E-state index is 5.57. The third-order valence-electron chi connectivity index (χ3n) is 7.41. The van der Waals surface area contributed by atoms with E-state index in [-0.39, 0.29) is 5.41 Å². The molecule has 0 unspecified atom stereocenters. The minimum Gasteiger partial charge on any atom is -0.497 e. The first kappa shape index (κ1) is 18.3. The third-order valence-corrected chi connectivity index (χ3v) is 7.41. The van der Waals surface area contributed by atoms with Gasteiger partial charge < -0.3 is 19.9 Å². The summed E-state index contributed by atoms with van der Waals surface area (Å²) in [5.41, 5.74) is 3.26. The molecule has 1 aliphatic carbocycles. The second-order valence-electron chi connectivity index (χ2n) is 9.02. The van der Waals surface area contributed by atoms with E-state index in [2.05, 4.69) is 54.3 Å². The number of benzene rings is 1. The largest absolute Gasteiger partial charge is 0.497 e. The lowest BCUT2D eigenvalue weighted by Crippen LogP contribution is -2.66. The highest BCUT2D eigenvalue weighted by molar-refractivity contribution is 5.45. The Bertz CT molecular complexity index is 642. The minimum absolute atomic E-state index is 0.209. The van der Waals surface area contributed by atoms with Crippen LogP contribution in [0, 0.1) is 5.92 Å². The van der Waals surface area contributed by atoms with E-state index in [1.807, 2.05) is 0 Å². The number of ether oxygens (including phenoxy) is 1. The molecule has 4 nitrogen and oxygen atoms in total. The molecule has 0 saturated carbocycles. The molecule has 1 N–H and O–H groups in total. The maximum atomic E-state index is 5.57. The smallest absolute Gasteiger partial charge is 0.119 e. The van der Waals surface area contributed by atoms with Crippen LogP contribution in [0.3, 0.4) is 0 Å². The molecule has 1 aromatic carbocycles. The topological polar surface area (TPSA) is 27.7 Å². The highest BCUT2D eigenvalue weighted by atomic mass is 16.5. The standard InChI is InChI=1S/C22H35N3O/c1-22-9-12-24(2)20(13-17-5-6-18(26-4)14-19(17)22)21(22)25(3)15-16-7-10-23-11-8-16/h5-6,14,16,20-21,23H,7-13,15H2,1-4H3/t20-,21+,22+/m1/s1. The molecule has 26 heavy (non-hydrogen) atoms. The van der Waals surface area contributed by atoms with Gasteiger partial charge in [-0.15, -0.1) is 0 Å². The van der Waals surface area contributed by atoms with E-state index in [0.29, 0.717) is 12.1 Å². The third kappa shape index (κ3) is 3.06. The van der Waals surface area contributed by atoms with Gasteiger partial charge in [0.25, 0.3) is 0 Å². The SMILES string of the molecule is COc1ccc2c(c1)[C@]1(C)CCN(C)[C@H](C2)[C@@H]1N(C)CC1CCNCC1. The Morgan fingerprint density at radius 2 is 2.08 bits per heavy atom. The fourth-order valence-corrected chi connectivity index (χ4v) is 5.93. The summed E-state index contributed by atoms with van der Waals surface area (Å²) in [4.78, 5) is 5.32. The molecule has 2 aliphatic heterocycles. The van der Waals surface area contributed by atoms with Crippen LogP contribution in [0.25, 0.3) is 0 Å². The molecular formula is C22H35N3O. The van der Waals surface area contributed by atoms with Gasteiger partial charge in [0.2, 0.25) is 0 Å². The molecule has 144 valence electrons. The van der Waals surface area contributed by atoms with Crippen molar-refractivity contribution in [3.63, 3.8) is 0 Å². The van der Waals surface area contributed by atoms with Crippen molar-refractivity contribution in [3.05, 3.63) is 29.3 Å². The highest BCUT2D eigenvalue weighted by Gasteiger charge is 2.51. The second kappa shape index (κ2) is 7.14. The van der Waals surface area contributed by atoms with Gasteiger partial charge in [0.15, 0.2) is 0 Å². The molecule has 0 radical (unpaired) electrons. The zero-order chi connectivity index (χ0) is 18.3.